The average molecular weight is 484 g/mol. The zero-order chi connectivity index (χ0) is 18.3. The van der Waals surface area contributed by atoms with Gasteiger partial charge in [-0.15, -0.1) is 24.0 Å². The molecule has 2 heterocycles. The highest BCUT2D eigenvalue weighted by Crippen LogP contribution is 2.52. The molecule has 6 heteroatoms. The number of hydrogen-bond acceptors (Lipinski definition) is 3. The molecule has 3 unspecified atom stereocenters. The van der Waals surface area contributed by atoms with E-state index in [-0.39, 0.29) is 29.4 Å². The second-order valence-corrected chi connectivity index (χ2v) is 8.55. The summed E-state index contributed by atoms with van der Waals surface area (Å²) in [7, 11) is 1.91. The molecule has 0 bridgehead atoms. The summed E-state index contributed by atoms with van der Waals surface area (Å²) < 4.78 is 5.93. The second-order valence-electron chi connectivity index (χ2n) is 8.55. The molecule has 1 aromatic carbocycles. The number of nitrogens with one attached hydrogen (secondary N) is 1. The molecule has 4 rings (SSSR count). The Balaban J connectivity index is 0.00000210. The van der Waals surface area contributed by atoms with E-state index in [1.54, 1.807) is 0 Å². The fourth-order valence-corrected chi connectivity index (χ4v) is 5.05. The summed E-state index contributed by atoms with van der Waals surface area (Å²) in [5.74, 6) is 1.69. The molecule has 1 aromatic rings. The van der Waals surface area contributed by atoms with Gasteiger partial charge in [0.1, 0.15) is 0 Å². The normalized spacial score (nSPS) is 29.6. The molecule has 0 radical (unpaired) electrons. The molecule has 3 fully saturated rings. The Kier molecular flexibility index (Phi) is 6.25. The molecular formula is C21H33IN4O. The highest BCUT2D eigenvalue weighted by atomic mass is 127. The van der Waals surface area contributed by atoms with Crippen LogP contribution in [0.25, 0.3) is 0 Å². The zero-order valence-electron chi connectivity index (χ0n) is 16.9. The molecule has 1 aliphatic carbocycles. The van der Waals surface area contributed by atoms with E-state index in [2.05, 4.69) is 65.1 Å². The Morgan fingerprint density at radius 1 is 1.22 bits per heavy atom. The van der Waals surface area contributed by atoms with Crippen LogP contribution in [0.2, 0.25) is 0 Å². The first kappa shape index (κ1) is 20.7. The van der Waals surface area contributed by atoms with E-state index < -0.39 is 0 Å². The Bertz CT molecular complexity index is 685. The Morgan fingerprint density at radius 3 is 2.63 bits per heavy atom. The summed E-state index contributed by atoms with van der Waals surface area (Å²) in [6.45, 7) is 11.8. The van der Waals surface area contributed by atoms with E-state index in [0.717, 1.165) is 38.7 Å². The molecule has 0 spiro atoms. The highest BCUT2D eigenvalue weighted by Gasteiger charge is 2.59. The van der Waals surface area contributed by atoms with Gasteiger partial charge in [-0.3, -0.25) is 4.99 Å². The van der Waals surface area contributed by atoms with Crippen LogP contribution in [0.4, 0.5) is 5.69 Å². The molecule has 1 N–H and O–H groups in total. The summed E-state index contributed by atoms with van der Waals surface area (Å²) in [5, 5.41) is 3.78. The van der Waals surface area contributed by atoms with E-state index in [0.29, 0.717) is 18.1 Å². The average Bonchev–Trinajstić information content (AvgIpc) is 3.10. The van der Waals surface area contributed by atoms with Crippen LogP contribution in [-0.2, 0) is 4.74 Å². The number of fused-ring (bicyclic) bond motifs is 1. The first-order chi connectivity index (χ1) is 12.5. The summed E-state index contributed by atoms with van der Waals surface area (Å²) in [6, 6.07) is 9.26. The van der Waals surface area contributed by atoms with Crippen LogP contribution in [0.15, 0.2) is 29.3 Å². The lowest BCUT2D eigenvalue weighted by Crippen LogP contribution is -2.68. The number of hydrogen-bond donors (Lipinski definition) is 1. The van der Waals surface area contributed by atoms with E-state index >= 15 is 0 Å². The molecule has 27 heavy (non-hydrogen) atoms. The fraction of sp³-hybridized carbons (Fsp3) is 0.667. The van der Waals surface area contributed by atoms with Gasteiger partial charge in [0.05, 0.1) is 6.10 Å². The number of nitrogens with zero attached hydrogens (tertiary/aromatic N) is 3. The predicted octanol–water partition coefficient (Wildman–Crippen LogP) is 3.12. The number of guanidine groups is 1. The van der Waals surface area contributed by atoms with Gasteiger partial charge in [0.25, 0.3) is 0 Å². The third-order valence-corrected chi connectivity index (χ3v) is 6.54. The van der Waals surface area contributed by atoms with Crippen molar-refractivity contribution in [3.63, 3.8) is 0 Å². The molecule has 0 amide bonds. The fourth-order valence-electron chi connectivity index (χ4n) is 5.05. The lowest BCUT2D eigenvalue weighted by Gasteiger charge is -2.55. The van der Waals surface area contributed by atoms with E-state index in [1.807, 2.05) is 7.05 Å². The van der Waals surface area contributed by atoms with Gasteiger partial charge in [0.2, 0.25) is 0 Å². The number of benzene rings is 1. The summed E-state index contributed by atoms with van der Waals surface area (Å²) in [6.07, 6.45) is 1.58. The van der Waals surface area contributed by atoms with Crippen molar-refractivity contribution in [1.82, 2.24) is 10.2 Å². The Labute approximate surface area is 180 Å². The van der Waals surface area contributed by atoms with E-state index in [1.165, 1.54) is 17.7 Å². The largest absolute Gasteiger partial charge is 0.377 e. The second kappa shape index (κ2) is 8.15. The third kappa shape index (κ3) is 3.79. The van der Waals surface area contributed by atoms with Gasteiger partial charge in [-0.2, -0.15) is 0 Å². The van der Waals surface area contributed by atoms with Crippen LogP contribution in [0.5, 0.6) is 0 Å². The van der Waals surface area contributed by atoms with Crippen molar-refractivity contribution in [3.8, 4) is 0 Å². The number of ether oxygens (including phenoxy) is 1. The molecule has 3 aliphatic rings. The van der Waals surface area contributed by atoms with E-state index in [9.17, 15) is 0 Å². The van der Waals surface area contributed by atoms with E-state index in [4.69, 9.17) is 4.74 Å². The van der Waals surface area contributed by atoms with Gasteiger partial charge in [-0.1, -0.05) is 26.0 Å². The van der Waals surface area contributed by atoms with Crippen molar-refractivity contribution < 1.29 is 4.74 Å². The minimum atomic E-state index is 0. The summed E-state index contributed by atoms with van der Waals surface area (Å²) in [5.41, 5.74) is 2.84. The highest BCUT2D eigenvalue weighted by molar-refractivity contribution is 14.0. The van der Waals surface area contributed by atoms with Crippen LogP contribution in [0.3, 0.4) is 0 Å². The predicted molar refractivity (Wildman–Crippen MR) is 122 cm³/mol. The van der Waals surface area contributed by atoms with Crippen LogP contribution in [-0.4, -0.2) is 62.8 Å². The number of halogens is 1. The molecule has 2 saturated heterocycles. The van der Waals surface area contributed by atoms with Crippen molar-refractivity contribution in [2.45, 2.75) is 39.3 Å². The number of aryl methyl sites for hydroxylation is 1. The number of rotatable bonds is 2. The molecule has 2 aliphatic heterocycles. The van der Waals surface area contributed by atoms with Gasteiger partial charge in [-0.25, -0.2) is 0 Å². The number of anilines is 1. The maximum atomic E-state index is 5.93. The lowest BCUT2D eigenvalue weighted by molar-refractivity contribution is -0.107. The molecule has 3 atom stereocenters. The summed E-state index contributed by atoms with van der Waals surface area (Å²) >= 11 is 0. The molecule has 1 saturated carbocycles. The first-order valence-corrected chi connectivity index (χ1v) is 9.92. The summed E-state index contributed by atoms with van der Waals surface area (Å²) in [4.78, 5) is 9.48. The van der Waals surface area contributed by atoms with Crippen molar-refractivity contribution in [3.05, 3.63) is 29.8 Å². The Hall–Kier alpha value is -1.02. The lowest BCUT2D eigenvalue weighted by atomic mass is 9.57. The quantitative estimate of drug-likeness (QED) is 0.398. The van der Waals surface area contributed by atoms with Crippen LogP contribution in [0, 0.1) is 18.3 Å². The zero-order valence-corrected chi connectivity index (χ0v) is 19.3. The van der Waals surface area contributed by atoms with Gasteiger partial charge < -0.3 is 19.9 Å². The van der Waals surface area contributed by atoms with Crippen LogP contribution < -0.4 is 10.2 Å². The van der Waals surface area contributed by atoms with Crippen molar-refractivity contribution in [2.24, 2.45) is 16.3 Å². The van der Waals surface area contributed by atoms with Gasteiger partial charge in [-0.05, 0) is 31.0 Å². The van der Waals surface area contributed by atoms with Crippen LogP contribution in [0.1, 0.15) is 25.8 Å². The maximum Gasteiger partial charge on any atom is 0.194 e. The monoisotopic (exact) mass is 484 g/mol. The van der Waals surface area contributed by atoms with Crippen molar-refractivity contribution in [2.75, 3.05) is 44.7 Å². The van der Waals surface area contributed by atoms with Crippen LogP contribution >= 0.6 is 24.0 Å². The van der Waals surface area contributed by atoms with Crippen molar-refractivity contribution in [1.29, 1.82) is 0 Å². The molecule has 5 nitrogen and oxygen atoms in total. The SMILES string of the molecule is CN=C(NC1C2CCOC2C1(C)C)N1CCN(c2cccc(C)c2)CC1.I. The Morgan fingerprint density at radius 2 is 1.96 bits per heavy atom. The smallest absolute Gasteiger partial charge is 0.194 e. The topological polar surface area (TPSA) is 40.1 Å². The minimum absolute atomic E-state index is 0. The standard InChI is InChI=1S/C21H32N4O.HI/c1-15-6-5-7-16(14-15)24-9-11-25(12-10-24)20(22-4)23-18-17-8-13-26-19(17)21(18,2)3;/h5-7,14,17-19H,8-13H2,1-4H3,(H,22,23);1H. The first-order valence-electron chi connectivity index (χ1n) is 9.92. The van der Waals surface area contributed by atoms with Gasteiger partial charge >= 0.3 is 0 Å². The number of piperazine rings is 1. The molecule has 0 aromatic heterocycles. The van der Waals surface area contributed by atoms with Gasteiger partial charge in [0, 0.05) is 62.9 Å². The molecule has 150 valence electrons. The maximum absolute atomic E-state index is 5.93. The van der Waals surface area contributed by atoms with Gasteiger partial charge in [0.15, 0.2) is 5.96 Å². The minimum Gasteiger partial charge on any atom is -0.377 e. The number of aliphatic imine (C=N–C) groups is 1. The molecular weight excluding hydrogens is 451 g/mol. The van der Waals surface area contributed by atoms with Crippen molar-refractivity contribution >= 4 is 35.6 Å². The third-order valence-electron chi connectivity index (χ3n) is 6.54.